The predicted octanol–water partition coefficient (Wildman–Crippen LogP) is 1.51. The smallest absolute Gasteiger partial charge is 0.224 e. The summed E-state index contributed by atoms with van der Waals surface area (Å²) in [5.74, 6) is 1.35. The number of ether oxygens (including phenoxy) is 1. The molecule has 1 aliphatic carbocycles. The molecule has 0 radical (unpaired) electrons. The minimum atomic E-state index is -0.00407. The molecule has 0 aromatic heterocycles. The lowest BCUT2D eigenvalue weighted by Gasteiger charge is -2.12. The summed E-state index contributed by atoms with van der Waals surface area (Å²) in [6, 6.07) is 7.66. The third-order valence-electron chi connectivity index (χ3n) is 3.31. The van der Waals surface area contributed by atoms with Crippen molar-refractivity contribution >= 4 is 18.3 Å². The molecule has 1 aliphatic rings. The quantitative estimate of drug-likeness (QED) is 0.832. The average Bonchev–Trinajstić information content (AvgIpc) is 3.21. The number of carbonyl (C=O) groups is 1. The van der Waals surface area contributed by atoms with Crippen LogP contribution in [0.1, 0.15) is 18.4 Å². The lowest BCUT2D eigenvalue weighted by molar-refractivity contribution is -0.120. The van der Waals surface area contributed by atoms with Crippen molar-refractivity contribution in [1.29, 1.82) is 0 Å². The Morgan fingerprint density at radius 3 is 2.79 bits per heavy atom. The second-order valence-corrected chi connectivity index (χ2v) is 4.79. The van der Waals surface area contributed by atoms with Crippen molar-refractivity contribution < 1.29 is 9.53 Å². The fourth-order valence-corrected chi connectivity index (χ4v) is 2.01. The summed E-state index contributed by atoms with van der Waals surface area (Å²) in [5.41, 5.74) is 6.84. The maximum atomic E-state index is 11.8. The second kappa shape index (κ2) is 7.36. The van der Waals surface area contributed by atoms with Gasteiger partial charge in [0.05, 0.1) is 13.5 Å². The minimum Gasteiger partial charge on any atom is -0.496 e. The molecule has 4 nitrogen and oxygen atoms in total. The number of amides is 1. The van der Waals surface area contributed by atoms with Crippen molar-refractivity contribution in [2.45, 2.75) is 25.3 Å². The molecule has 0 spiro atoms. The number of benzene rings is 1. The third-order valence-corrected chi connectivity index (χ3v) is 3.31. The standard InChI is InChI=1S/C14H20N2O2.ClH/c1-18-13-5-3-2-4-11(13)8-14(17)16-9-12(15)10-6-7-10;/h2-5,10,12H,6-9,15H2,1H3,(H,16,17);1H. The summed E-state index contributed by atoms with van der Waals surface area (Å²) in [4.78, 5) is 11.8. The van der Waals surface area contributed by atoms with Gasteiger partial charge in [-0.05, 0) is 24.8 Å². The summed E-state index contributed by atoms with van der Waals surface area (Å²) in [7, 11) is 1.61. The van der Waals surface area contributed by atoms with Crippen LogP contribution < -0.4 is 15.8 Å². The fourth-order valence-electron chi connectivity index (χ4n) is 2.01. The Bertz CT molecular complexity index is 422. The van der Waals surface area contributed by atoms with Gasteiger partial charge in [-0.15, -0.1) is 12.4 Å². The zero-order valence-corrected chi connectivity index (χ0v) is 11.9. The average molecular weight is 285 g/mol. The maximum Gasteiger partial charge on any atom is 0.224 e. The van der Waals surface area contributed by atoms with Gasteiger partial charge in [0.25, 0.3) is 0 Å². The minimum absolute atomic E-state index is 0. The van der Waals surface area contributed by atoms with E-state index in [1.165, 1.54) is 12.8 Å². The van der Waals surface area contributed by atoms with E-state index >= 15 is 0 Å². The molecular formula is C14H21ClN2O2. The van der Waals surface area contributed by atoms with Crippen LogP contribution in [0, 0.1) is 5.92 Å². The molecule has 1 fully saturated rings. The first kappa shape index (κ1) is 15.8. The van der Waals surface area contributed by atoms with E-state index in [1.807, 2.05) is 24.3 Å². The van der Waals surface area contributed by atoms with Crippen molar-refractivity contribution in [3.63, 3.8) is 0 Å². The summed E-state index contributed by atoms with van der Waals surface area (Å²) >= 11 is 0. The number of carbonyl (C=O) groups excluding carboxylic acids is 1. The third kappa shape index (κ3) is 4.73. The van der Waals surface area contributed by atoms with Gasteiger partial charge in [0.2, 0.25) is 5.91 Å². The topological polar surface area (TPSA) is 64.3 Å². The number of nitrogens with two attached hydrogens (primary N) is 1. The van der Waals surface area contributed by atoms with Crippen molar-refractivity contribution in [1.82, 2.24) is 5.32 Å². The molecule has 1 saturated carbocycles. The monoisotopic (exact) mass is 284 g/mol. The number of halogens is 1. The Kier molecular flexibility index (Phi) is 6.12. The fraction of sp³-hybridized carbons (Fsp3) is 0.500. The first-order valence-corrected chi connectivity index (χ1v) is 6.35. The highest BCUT2D eigenvalue weighted by molar-refractivity contribution is 5.85. The number of para-hydroxylation sites is 1. The molecule has 0 bridgehead atoms. The van der Waals surface area contributed by atoms with Gasteiger partial charge in [-0.2, -0.15) is 0 Å². The molecule has 1 amide bonds. The van der Waals surface area contributed by atoms with E-state index in [2.05, 4.69) is 5.32 Å². The summed E-state index contributed by atoms with van der Waals surface area (Å²) < 4.78 is 5.22. The summed E-state index contributed by atoms with van der Waals surface area (Å²) in [6.07, 6.45) is 2.73. The van der Waals surface area contributed by atoms with Crippen LogP contribution in [-0.4, -0.2) is 25.6 Å². The molecule has 1 atom stereocenters. The van der Waals surface area contributed by atoms with E-state index in [4.69, 9.17) is 10.5 Å². The van der Waals surface area contributed by atoms with Gasteiger partial charge in [-0.1, -0.05) is 18.2 Å². The van der Waals surface area contributed by atoms with E-state index in [1.54, 1.807) is 7.11 Å². The van der Waals surface area contributed by atoms with Gasteiger partial charge in [0.1, 0.15) is 5.75 Å². The van der Waals surface area contributed by atoms with Gasteiger partial charge in [0.15, 0.2) is 0 Å². The molecule has 0 saturated heterocycles. The molecule has 19 heavy (non-hydrogen) atoms. The van der Waals surface area contributed by atoms with Crippen LogP contribution in [0.3, 0.4) is 0 Å². The number of rotatable bonds is 6. The van der Waals surface area contributed by atoms with Crippen LogP contribution in [-0.2, 0) is 11.2 Å². The van der Waals surface area contributed by atoms with Crippen LogP contribution in [0.4, 0.5) is 0 Å². The van der Waals surface area contributed by atoms with E-state index in [0.29, 0.717) is 18.9 Å². The molecule has 2 rings (SSSR count). The van der Waals surface area contributed by atoms with Crippen molar-refractivity contribution in [3.05, 3.63) is 29.8 Å². The first-order chi connectivity index (χ1) is 8.70. The highest BCUT2D eigenvalue weighted by Crippen LogP contribution is 2.31. The molecule has 1 unspecified atom stereocenters. The number of nitrogens with one attached hydrogen (secondary N) is 1. The lowest BCUT2D eigenvalue weighted by Crippen LogP contribution is -2.39. The van der Waals surface area contributed by atoms with E-state index in [0.717, 1.165) is 11.3 Å². The van der Waals surface area contributed by atoms with Crippen LogP contribution in [0.25, 0.3) is 0 Å². The largest absolute Gasteiger partial charge is 0.496 e. The Morgan fingerprint density at radius 1 is 1.47 bits per heavy atom. The molecule has 106 valence electrons. The zero-order chi connectivity index (χ0) is 13.0. The van der Waals surface area contributed by atoms with Crippen LogP contribution in [0.2, 0.25) is 0 Å². The number of hydrogen-bond acceptors (Lipinski definition) is 3. The number of methoxy groups -OCH3 is 1. The maximum absolute atomic E-state index is 11.8. The zero-order valence-electron chi connectivity index (χ0n) is 11.1. The van der Waals surface area contributed by atoms with Crippen LogP contribution >= 0.6 is 12.4 Å². The summed E-state index contributed by atoms with van der Waals surface area (Å²) in [5, 5.41) is 2.88. The Labute approximate surface area is 120 Å². The SMILES string of the molecule is COc1ccccc1CC(=O)NCC(N)C1CC1.Cl. The molecule has 0 heterocycles. The molecule has 1 aromatic carbocycles. The van der Waals surface area contributed by atoms with Crippen LogP contribution in [0.5, 0.6) is 5.75 Å². The van der Waals surface area contributed by atoms with Crippen molar-refractivity contribution in [2.24, 2.45) is 11.7 Å². The molecule has 3 N–H and O–H groups in total. The first-order valence-electron chi connectivity index (χ1n) is 6.35. The highest BCUT2D eigenvalue weighted by atomic mass is 35.5. The Balaban J connectivity index is 0.00000180. The van der Waals surface area contributed by atoms with E-state index < -0.39 is 0 Å². The Morgan fingerprint density at radius 2 is 2.16 bits per heavy atom. The van der Waals surface area contributed by atoms with E-state index in [-0.39, 0.29) is 24.4 Å². The lowest BCUT2D eigenvalue weighted by atomic mass is 10.1. The summed E-state index contributed by atoms with van der Waals surface area (Å²) in [6.45, 7) is 0.568. The van der Waals surface area contributed by atoms with Gasteiger partial charge in [-0.3, -0.25) is 4.79 Å². The van der Waals surface area contributed by atoms with Gasteiger partial charge in [0, 0.05) is 18.2 Å². The second-order valence-electron chi connectivity index (χ2n) is 4.79. The van der Waals surface area contributed by atoms with Gasteiger partial charge >= 0.3 is 0 Å². The van der Waals surface area contributed by atoms with Crippen molar-refractivity contribution in [3.8, 4) is 5.75 Å². The van der Waals surface area contributed by atoms with Gasteiger partial charge in [-0.25, -0.2) is 0 Å². The number of hydrogen-bond donors (Lipinski definition) is 2. The molecule has 5 heteroatoms. The van der Waals surface area contributed by atoms with Gasteiger partial charge < -0.3 is 15.8 Å². The predicted molar refractivity (Wildman–Crippen MR) is 77.7 cm³/mol. The Hall–Kier alpha value is -1.26. The molecular weight excluding hydrogens is 264 g/mol. The van der Waals surface area contributed by atoms with Crippen molar-refractivity contribution in [2.75, 3.05) is 13.7 Å². The van der Waals surface area contributed by atoms with Crippen LogP contribution in [0.15, 0.2) is 24.3 Å². The highest BCUT2D eigenvalue weighted by Gasteiger charge is 2.28. The normalized spacial score (nSPS) is 15.3. The van der Waals surface area contributed by atoms with E-state index in [9.17, 15) is 4.79 Å². The molecule has 0 aliphatic heterocycles. The molecule has 1 aromatic rings.